The predicted octanol–water partition coefficient (Wildman–Crippen LogP) is 4.27. The molecule has 0 bridgehead atoms. The van der Waals surface area contributed by atoms with Gasteiger partial charge in [-0.05, 0) is 92.2 Å². The van der Waals surface area contributed by atoms with E-state index in [9.17, 15) is 9.59 Å². The summed E-state index contributed by atoms with van der Waals surface area (Å²) in [6.07, 6.45) is 1.51. The highest BCUT2D eigenvalue weighted by molar-refractivity contribution is 5.92. The number of hydrogen-bond donors (Lipinski definition) is 1. The lowest BCUT2D eigenvalue weighted by Crippen LogP contribution is -2.42. The van der Waals surface area contributed by atoms with Gasteiger partial charge in [0, 0.05) is 30.2 Å². The fraction of sp³-hybridized carbons (Fsp3) is 0.258. The van der Waals surface area contributed by atoms with Crippen molar-refractivity contribution in [3.8, 4) is 17.2 Å². The van der Waals surface area contributed by atoms with Crippen molar-refractivity contribution in [2.45, 2.75) is 20.5 Å². The molecule has 10 nitrogen and oxygen atoms in total. The van der Waals surface area contributed by atoms with Crippen LogP contribution in [0.1, 0.15) is 33.3 Å². The first-order valence-electron chi connectivity index (χ1n) is 13.3. The molecule has 0 unspecified atom stereocenters. The topological polar surface area (TPSA) is 108 Å². The number of furan rings is 1. The zero-order chi connectivity index (χ0) is 28.6. The summed E-state index contributed by atoms with van der Waals surface area (Å²) in [7, 11) is 0. The smallest absolute Gasteiger partial charge is 0.307 e. The van der Waals surface area contributed by atoms with Crippen LogP contribution in [-0.2, 0) is 16.1 Å². The second-order valence-electron chi connectivity index (χ2n) is 9.55. The maximum absolute atomic E-state index is 12.4. The van der Waals surface area contributed by atoms with Crippen LogP contribution in [0.15, 0.2) is 82.3 Å². The van der Waals surface area contributed by atoms with Crippen LogP contribution in [0.5, 0.6) is 11.5 Å². The maximum atomic E-state index is 12.4. The van der Waals surface area contributed by atoms with Gasteiger partial charge in [-0.15, -0.1) is 0 Å². The van der Waals surface area contributed by atoms with Gasteiger partial charge in [-0.3, -0.25) is 9.59 Å². The van der Waals surface area contributed by atoms with E-state index < -0.39 is 5.91 Å². The van der Waals surface area contributed by atoms with Gasteiger partial charge in [0.15, 0.2) is 12.4 Å². The molecule has 0 saturated carbocycles. The molecule has 1 N–H and O–H groups in total. The van der Waals surface area contributed by atoms with Crippen molar-refractivity contribution in [2.24, 2.45) is 5.10 Å². The number of amides is 2. The third-order valence-corrected chi connectivity index (χ3v) is 6.62. The fourth-order valence-electron chi connectivity index (χ4n) is 4.42. The van der Waals surface area contributed by atoms with E-state index in [2.05, 4.69) is 41.1 Å². The van der Waals surface area contributed by atoms with E-state index in [4.69, 9.17) is 18.6 Å². The number of ether oxygens (including phenoxy) is 3. The highest BCUT2D eigenvalue weighted by Gasteiger charge is 2.17. The van der Waals surface area contributed by atoms with Crippen molar-refractivity contribution in [2.75, 3.05) is 32.9 Å². The lowest BCUT2D eigenvalue weighted by atomic mass is 10.2. The third kappa shape index (κ3) is 7.23. The number of aromatic nitrogens is 1. The molecule has 0 radical (unpaired) electrons. The monoisotopic (exact) mass is 556 g/mol. The molecule has 1 aliphatic heterocycles. The molecule has 3 heterocycles. The molecule has 1 saturated heterocycles. The SMILES string of the molecule is Cc1ccc(C)n1-c1ccc(OCc2ccc(C(=O)N/N=C/c3ccc(OCC(=O)N4CCOCC4)cc3)o2)cc1. The first-order valence-corrected chi connectivity index (χ1v) is 13.3. The lowest BCUT2D eigenvalue weighted by molar-refractivity contribution is -0.137. The molecule has 1 fully saturated rings. The van der Waals surface area contributed by atoms with Gasteiger partial charge >= 0.3 is 5.91 Å². The van der Waals surface area contributed by atoms with E-state index in [-0.39, 0.29) is 24.9 Å². The van der Waals surface area contributed by atoms with Crippen molar-refractivity contribution < 1.29 is 28.2 Å². The van der Waals surface area contributed by atoms with E-state index in [0.717, 1.165) is 11.3 Å². The number of rotatable bonds is 10. The zero-order valence-electron chi connectivity index (χ0n) is 23.0. The van der Waals surface area contributed by atoms with Gasteiger partial charge < -0.3 is 28.1 Å². The summed E-state index contributed by atoms with van der Waals surface area (Å²) in [6.45, 7) is 6.57. The average Bonchev–Trinajstić information content (AvgIpc) is 3.62. The Balaban J connectivity index is 1.06. The molecule has 2 aromatic heterocycles. The maximum Gasteiger partial charge on any atom is 0.307 e. The fourth-order valence-corrected chi connectivity index (χ4v) is 4.42. The number of aryl methyl sites for hydroxylation is 2. The molecule has 2 amide bonds. The van der Waals surface area contributed by atoms with Crippen molar-refractivity contribution >= 4 is 18.0 Å². The van der Waals surface area contributed by atoms with Crippen LogP contribution >= 0.6 is 0 Å². The molecular formula is C31H32N4O6. The minimum Gasteiger partial charge on any atom is -0.486 e. The van der Waals surface area contributed by atoms with Crippen LogP contribution in [-0.4, -0.2) is 60.4 Å². The summed E-state index contributed by atoms with van der Waals surface area (Å²) in [5.74, 6) is 1.37. The number of nitrogens with zero attached hydrogens (tertiary/aromatic N) is 3. The van der Waals surface area contributed by atoms with E-state index in [1.165, 1.54) is 17.6 Å². The van der Waals surface area contributed by atoms with Gasteiger partial charge in [-0.25, -0.2) is 5.43 Å². The molecule has 0 spiro atoms. The van der Waals surface area contributed by atoms with Crippen LogP contribution in [0.3, 0.4) is 0 Å². The Morgan fingerprint density at radius 1 is 0.878 bits per heavy atom. The minimum atomic E-state index is -0.476. The van der Waals surface area contributed by atoms with Gasteiger partial charge in [-0.2, -0.15) is 5.10 Å². The molecule has 2 aromatic carbocycles. The van der Waals surface area contributed by atoms with Crippen molar-refractivity contribution in [3.63, 3.8) is 0 Å². The predicted molar refractivity (Wildman–Crippen MR) is 153 cm³/mol. The Morgan fingerprint density at radius 2 is 1.54 bits per heavy atom. The van der Waals surface area contributed by atoms with Crippen molar-refractivity contribution in [3.05, 3.63) is 101 Å². The van der Waals surface area contributed by atoms with Gasteiger partial charge in [0.1, 0.15) is 23.9 Å². The number of hydrogen-bond acceptors (Lipinski definition) is 7. The van der Waals surface area contributed by atoms with Crippen LogP contribution in [0.4, 0.5) is 0 Å². The molecule has 4 aromatic rings. The average molecular weight is 557 g/mol. The third-order valence-electron chi connectivity index (χ3n) is 6.62. The van der Waals surface area contributed by atoms with Gasteiger partial charge in [0.05, 0.1) is 19.4 Å². The Bertz CT molecular complexity index is 1480. The van der Waals surface area contributed by atoms with Crippen LogP contribution < -0.4 is 14.9 Å². The number of carbonyl (C=O) groups is 2. The summed E-state index contributed by atoms with van der Waals surface area (Å²) in [5, 5.41) is 4.00. The normalized spacial score (nSPS) is 13.4. The summed E-state index contributed by atoms with van der Waals surface area (Å²) in [5.41, 5.74) is 6.60. The Kier molecular flexibility index (Phi) is 8.80. The number of carbonyl (C=O) groups excluding carboxylic acids is 2. The van der Waals surface area contributed by atoms with Crippen molar-refractivity contribution in [1.82, 2.24) is 14.9 Å². The largest absolute Gasteiger partial charge is 0.486 e. The van der Waals surface area contributed by atoms with E-state index >= 15 is 0 Å². The Hall–Kier alpha value is -4.83. The Morgan fingerprint density at radius 3 is 2.24 bits per heavy atom. The summed E-state index contributed by atoms with van der Waals surface area (Å²) in [6, 6.07) is 22.3. The number of morpholine rings is 1. The van der Waals surface area contributed by atoms with E-state index in [0.29, 0.717) is 43.6 Å². The quantitative estimate of drug-likeness (QED) is 0.231. The van der Waals surface area contributed by atoms with E-state index in [1.807, 2.05) is 24.3 Å². The van der Waals surface area contributed by atoms with Gasteiger partial charge in [0.2, 0.25) is 0 Å². The highest BCUT2D eigenvalue weighted by atomic mass is 16.5. The molecule has 10 heteroatoms. The molecule has 5 rings (SSSR count). The molecule has 1 aliphatic rings. The Labute approximate surface area is 238 Å². The standard InChI is InChI=1S/C31H32N4O6/c1-22-3-4-23(2)35(22)25-7-11-27(12-8-25)39-20-28-13-14-29(41-28)31(37)33-32-19-24-5-9-26(10-6-24)40-21-30(36)34-15-17-38-18-16-34/h3-14,19H,15-18,20-21H2,1-2H3,(H,33,37)/b32-19+. The van der Waals surface area contributed by atoms with Crippen LogP contribution in [0, 0.1) is 13.8 Å². The summed E-state index contributed by atoms with van der Waals surface area (Å²) in [4.78, 5) is 26.4. The summed E-state index contributed by atoms with van der Waals surface area (Å²) >= 11 is 0. The lowest BCUT2D eigenvalue weighted by Gasteiger charge is -2.26. The van der Waals surface area contributed by atoms with Gasteiger partial charge in [-0.1, -0.05) is 0 Å². The number of nitrogens with one attached hydrogen (secondary N) is 1. The first kappa shape index (κ1) is 27.7. The van der Waals surface area contributed by atoms with E-state index in [1.54, 1.807) is 41.3 Å². The number of hydrazone groups is 1. The molecule has 0 atom stereocenters. The van der Waals surface area contributed by atoms with Crippen LogP contribution in [0.25, 0.3) is 5.69 Å². The second-order valence-corrected chi connectivity index (χ2v) is 9.55. The van der Waals surface area contributed by atoms with Crippen LogP contribution in [0.2, 0.25) is 0 Å². The molecule has 0 aliphatic carbocycles. The second kappa shape index (κ2) is 13.0. The molecular weight excluding hydrogens is 524 g/mol. The molecule has 41 heavy (non-hydrogen) atoms. The highest BCUT2D eigenvalue weighted by Crippen LogP contribution is 2.21. The minimum absolute atomic E-state index is 0.0280. The van der Waals surface area contributed by atoms with Gasteiger partial charge in [0.25, 0.3) is 5.91 Å². The van der Waals surface area contributed by atoms with Crippen molar-refractivity contribution in [1.29, 1.82) is 0 Å². The summed E-state index contributed by atoms with van der Waals surface area (Å²) < 4.78 is 24.5. The zero-order valence-corrected chi connectivity index (χ0v) is 23.0. The molecule has 212 valence electrons. The first-order chi connectivity index (χ1) is 20.0. The number of benzene rings is 2.